The van der Waals surface area contributed by atoms with Crippen LogP contribution in [0.5, 0.6) is 0 Å². The van der Waals surface area contributed by atoms with Gasteiger partial charge in [0.15, 0.2) is 0 Å². The first-order valence-electron chi connectivity index (χ1n) is 6.77. The Morgan fingerprint density at radius 3 is 3.29 bits per heavy atom. The number of thiophene rings is 1. The lowest BCUT2D eigenvalue weighted by atomic mass is 9.81. The zero-order valence-corrected chi connectivity index (χ0v) is 11.6. The van der Waals surface area contributed by atoms with Crippen LogP contribution in [0.4, 0.5) is 0 Å². The lowest BCUT2D eigenvalue weighted by Gasteiger charge is -2.31. The third kappa shape index (κ3) is 2.99. The van der Waals surface area contributed by atoms with Gasteiger partial charge in [-0.1, -0.05) is 13.0 Å². The molecule has 2 unspecified atom stereocenters. The van der Waals surface area contributed by atoms with E-state index in [1.165, 1.54) is 25.7 Å². The Labute approximate surface area is 109 Å². The fourth-order valence-corrected chi connectivity index (χ4v) is 3.84. The summed E-state index contributed by atoms with van der Waals surface area (Å²) in [5, 5.41) is 5.96. The van der Waals surface area contributed by atoms with Crippen LogP contribution in [0, 0.1) is 0 Å². The third-order valence-corrected chi connectivity index (χ3v) is 4.66. The maximum Gasteiger partial charge on any atom is 0.0171 e. The predicted molar refractivity (Wildman–Crippen MR) is 76.9 cm³/mol. The smallest absolute Gasteiger partial charge is 0.0171 e. The quantitative estimate of drug-likeness (QED) is 0.748. The Bertz CT molecular complexity index is 356. The van der Waals surface area contributed by atoms with Gasteiger partial charge in [0, 0.05) is 16.8 Å². The van der Waals surface area contributed by atoms with Gasteiger partial charge in [-0.15, -0.1) is 17.9 Å². The molecule has 1 N–H and O–H groups in total. The van der Waals surface area contributed by atoms with E-state index in [1.807, 2.05) is 11.3 Å². The first-order valence-corrected chi connectivity index (χ1v) is 7.65. The van der Waals surface area contributed by atoms with E-state index in [4.69, 9.17) is 0 Å². The van der Waals surface area contributed by atoms with Crippen molar-refractivity contribution in [1.82, 2.24) is 5.32 Å². The number of aryl methyl sites for hydroxylation is 1. The van der Waals surface area contributed by atoms with E-state index in [0.29, 0.717) is 12.0 Å². The molecule has 1 aliphatic carbocycles. The monoisotopic (exact) mass is 249 g/mol. The minimum absolute atomic E-state index is 0.584. The minimum Gasteiger partial charge on any atom is -0.313 e. The number of hydrogen-bond acceptors (Lipinski definition) is 2. The second-order valence-corrected chi connectivity index (χ2v) is 5.88. The van der Waals surface area contributed by atoms with Gasteiger partial charge in [0.2, 0.25) is 0 Å². The van der Waals surface area contributed by atoms with Crippen molar-refractivity contribution >= 4 is 11.3 Å². The molecule has 2 rings (SSSR count). The molecule has 1 nitrogen and oxygen atoms in total. The Hall–Kier alpha value is -0.600. The van der Waals surface area contributed by atoms with Crippen molar-refractivity contribution < 1.29 is 0 Å². The van der Waals surface area contributed by atoms with Crippen molar-refractivity contribution in [3.8, 4) is 0 Å². The first-order chi connectivity index (χ1) is 8.36. The van der Waals surface area contributed by atoms with Gasteiger partial charge in [0.05, 0.1) is 0 Å². The largest absolute Gasteiger partial charge is 0.313 e. The van der Waals surface area contributed by atoms with Crippen LogP contribution in [-0.2, 0) is 6.42 Å². The van der Waals surface area contributed by atoms with Crippen LogP contribution in [0.25, 0.3) is 0 Å². The average Bonchev–Trinajstić information content (AvgIpc) is 2.82. The molecule has 1 aromatic heterocycles. The molecule has 0 aromatic carbocycles. The van der Waals surface area contributed by atoms with Crippen LogP contribution in [0.2, 0.25) is 0 Å². The van der Waals surface area contributed by atoms with Gasteiger partial charge in [0.25, 0.3) is 0 Å². The van der Waals surface area contributed by atoms with Crippen molar-refractivity contribution in [3.05, 3.63) is 34.5 Å². The van der Waals surface area contributed by atoms with Crippen molar-refractivity contribution in [3.63, 3.8) is 0 Å². The fraction of sp³-hybridized carbons (Fsp3) is 0.600. The summed E-state index contributed by atoms with van der Waals surface area (Å²) >= 11 is 1.93. The van der Waals surface area contributed by atoms with Crippen LogP contribution in [0.1, 0.15) is 49.0 Å². The van der Waals surface area contributed by atoms with Crippen LogP contribution in [-0.4, -0.2) is 12.6 Å². The second-order valence-electron chi connectivity index (χ2n) is 4.88. The second kappa shape index (κ2) is 6.36. The maximum atomic E-state index is 3.91. The van der Waals surface area contributed by atoms with Crippen LogP contribution < -0.4 is 5.32 Å². The van der Waals surface area contributed by atoms with Gasteiger partial charge in [-0.3, -0.25) is 0 Å². The molecule has 0 bridgehead atoms. The molecule has 2 atom stereocenters. The zero-order valence-electron chi connectivity index (χ0n) is 10.7. The third-order valence-electron chi connectivity index (χ3n) is 3.66. The highest BCUT2D eigenvalue weighted by atomic mass is 32.1. The summed E-state index contributed by atoms with van der Waals surface area (Å²) < 4.78 is 0. The summed E-state index contributed by atoms with van der Waals surface area (Å²) in [5.41, 5.74) is 1.61. The van der Waals surface area contributed by atoms with Crippen LogP contribution >= 0.6 is 11.3 Å². The van der Waals surface area contributed by atoms with Crippen LogP contribution in [0.3, 0.4) is 0 Å². The lowest BCUT2D eigenvalue weighted by molar-refractivity contribution is 0.396. The predicted octanol–water partition coefficient (Wildman–Crippen LogP) is 4.11. The molecule has 1 heterocycles. The van der Waals surface area contributed by atoms with Crippen LogP contribution in [0.15, 0.2) is 24.1 Å². The summed E-state index contributed by atoms with van der Waals surface area (Å²) in [6.45, 7) is 7.26. The van der Waals surface area contributed by atoms with Crippen molar-refractivity contribution in [2.75, 3.05) is 6.54 Å². The highest BCUT2D eigenvalue weighted by molar-refractivity contribution is 7.10. The van der Waals surface area contributed by atoms with Crippen molar-refractivity contribution in [2.45, 2.75) is 51.0 Å². The topological polar surface area (TPSA) is 12.0 Å². The Kier molecular flexibility index (Phi) is 4.81. The van der Waals surface area contributed by atoms with Gasteiger partial charge in [0.1, 0.15) is 0 Å². The number of nitrogens with one attached hydrogen (secondary N) is 1. The summed E-state index contributed by atoms with van der Waals surface area (Å²) in [4.78, 5) is 1.62. The summed E-state index contributed by atoms with van der Waals surface area (Å²) in [6.07, 6.45) is 8.32. The highest BCUT2D eigenvalue weighted by Gasteiger charge is 2.27. The van der Waals surface area contributed by atoms with E-state index < -0.39 is 0 Å². The van der Waals surface area contributed by atoms with E-state index in [1.54, 1.807) is 10.4 Å². The van der Waals surface area contributed by atoms with Crippen molar-refractivity contribution in [1.29, 1.82) is 0 Å². The Morgan fingerprint density at radius 1 is 1.65 bits per heavy atom. The van der Waals surface area contributed by atoms with Gasteiger partial charge in [-0.25, -0.2) is 0 Å². The van der Waals surface area contributed by atoms with Gasteiger partial charge < -0.3 is 5.32 Å². The Morgan fingerprint density at radius 2 is 2.53 bits per heavy atom. The molecule has 0 amide bonds. The molecule has 0 spiro atoms. The molecule has 0 saturated carbocycles. The molecule has 0 fully saturated rings. The SMILES string of the molecule is C=CCC(NCCC)C1CCCc2sccc21. The van der Waals surface area contributed by atoms with E-state index in [2.05, 4.69) is 36.3 Å². The molecule has 2 heteroatoms. The van der Waals surface area contributed by atoms with Gasteiger partial charge in [-0.2, -0.15) is 0 Å². The normalized spacial score (nSPS) is 20.9. The molecule has 0 aliphatic heterocycles. The summed E-state index contributed by atoms with van der Waals surface area (Å²) in [7, 11) is 0. The molecule has 94 valence electrons. The molecule has 0 radical (unpaired) electrons. The van der Waals surface area contributed by atoms with Crippen molar-refractivity contribution in [2.24, 2.45) is 0 Å². The molecule has 0 saturated heterocycles. The average molecular weight is 249 g/mol. The van der Waals surface area contributed by atoms with E-state index in [-0.39, 0.29) is 0 Å². The summed E-state index contributed by atoms with van der Waals surface area (Å²) in [5.74, 6) is 0.703. The van der Waals surface area contributed by atoms with Gasteiger partial charge in [-0.05, 0) is 55.7 Å². The molecule has 1 aliphatic rings. The highest BCUT2D eigenvalue weighted by Crippen LogP contribution is 2.37. The zero-order chi connectivity index (χ0) is 12.1. The van der Waals surface area contributed by atoms with E-state index in [0.717, 1.165) is 13.0 Å². The fourth-order valence-electron chi connectivity index (χ4n) is 2.84. The van der Waals surface area contributed by atoms with Gasteiger partial charge >= 0.3 is 0 Å². The number of rotatable bonds is 6. The molecule has 17 heavy (non-hydrogen) atoms. The number of hydrogen-bond donors (Lipinski definition) is 1. The molecular formula is C15H23NS. The Balaban J connectivity index is 2.11. The van der Waals surface area contributed by atoms with E-state index >= 15 is 0 Å². The standard InChI is InChI=1S/C15H23NS/c1-3-6-14(16-10-4-2)12-7-5-8-15-13(12)9-11-17-15/h3,9,11-12,14,16H,1,4-8,10H2,2H3. The molecule has 1 aromatic rings. The van der Waals surface area contributed by atoms with E-state index in [9.17, 15) is 0 Å². The first kappa shape index (κ1) is 12.8. The summed E-state index contributed by atoms with van der Waals surface area (Å²) in [6, 6.07) is 2.93. The maximum absolute atomic E-state index is 3.91. The lowest BCUT2D eigenvalue weighted by Crippen LogP contribution is -2.36. The molecular weight excluding hydrogens is 226 g/mol. The number of fused-ring (bicyclic) bond motifs is 1. The minimum atomic E-state index is 0.584.